The van der Waals surface area contributed by atoms with Gasteiger partial charge >= 0.3 is 0 Å². The van der Waals surface area contributed by atoms with Crippen molar-refractivity contribution >= 4 is 5.82 Å². The largest absolute Gasteiger partial charge is 0.355 e. The van der Waals surface area contributed by atoms with E-state index < -0.39 is 0 Å². The van der Waals surface area contributed by atoms with Crippen LogP contribution in [0.15, 0.2) is 18.3 Å². The number of hydrogen-bond acceptors (Lipinski definition) is 4. The van der Waals surface area contributed by atoms with E-state index >= 15 is 0 Å². The molecule has 1 aromatic rings. The van der Waals surface area contributed by atoms with Gasteiger partial charge in [0, 0.05) is 25.3 Å². The van der Waals surface area contributed by atoms with Crippen molar-refractivity contribution in [3.05, 3.63) is 18.3 Å². The van der Waals surface area contributed by atoms with E-state index in [1.165, 1.54) is 0 Å². The highest BCUT2D eigenvalue weighted by molar-refractivity contribution is 5.37. The van der Waals surface area contributed by atoms with Crippen molar-refractivity contribution in [2.75, 3.05) is 18.0 Å². The summed E-state index contributed by atoms with van der Waals surface area (Å²) in [6, 6.07) is 4.29. The highest BCUT2D eigenvalue weighted by Gasteiger charge is 2.25. The Hall–Kier alpha value is -1.16. The second kappa shape index (κ2) is 4.57. The summed E-state index contributed by atoms with van der Waals surface area (Å²) >= 11 is 0. The Labute approximate surface area is 90.5 Å². The minimum Gasteiger partial charge on any atom is -0.355 e. The molecule has 15 heavy (non-hydrogen) atoms. The molecule has 0 amide bonds. The second-order valence-corrected chi connectivity index (χ2v) is 4.15. The summed E-state index contributed by atoms with van der Waals surface area (Å²) in [5.41, 5.74) is 6.07. The zero-order valence-electron chi connectivity index (χ0n) is 9.13. The molecular formula is C11H18N4. The fourth-order valence-electron chi connectivity index (χ4n) is 2.15. The van der Waals surface area contributed by atoms with E-state index in [-0.39, 0.29) is 0 Å². The van der Waals surface area contributed by atoms with Gasteiger partial charge in [-0.25, -0.2) is 0 Å². The third kappa shape index (κ3) is 2.26. The molecule has 0 aliphatic carbocycles. The molecule has 2 unspecified atom stereocenters. The first-order valence-electron chi connectivity index (χ1n) is 5.59. The van der Waals surface area contributed by atoms with Crippen molar-refractivity contribution in [2.24, 2.45) is 11.7 Å². The average molecular weight is 206 g/mol. The van der Waals surface area contributed by atoms with Crippen LogP contribution in [0, 0.1) is 5.92 Å². The van der Waals surface area contributed by atoms with Crippen LogP contribution in [0.1, 0.15) is 19.8 Å². The summed E-state index contributed by atoms with van der Waals surface area (Å²) in [6.45, 7) is 4.21. The third-order valence-electron chi connectivity index (χ3n) is 3.20. The number of nitrogens with zero attached hydrogens (tertiary/aromatic N) is 3. The van der Waals surface area contributed by atoms with Crippen LogP contribution in [-0.2, 0) is 0 Å². The molecule has 2 rings (SSSR count). The zero-order chi connectivity index (χ0) is 10.7. The van der Waals surface area contributed by atoms with Gasteiger partial charge in [-0.15, -0.1) is 5.10 Å². The van der Waals surface area contributed by atoms with Crippen molar-refractivity contribution in [1.82, 2.24) is 10.2 Å². The smallest absolute Gasteiger partial charge is 0.151 e. The lowest BCUT2D eigenvalue weighted by Gasteiger charge is -2.36. The quantitative estimate of drug-likeness (QED) is 0.785. The molecule has 2 N–H and O–H groups in total. The van der Waals surface area contributed by atoms with Crippen LogP contribution in [0.25, 0.3) is 0 Å². The van der Waals surface area contributed by atoms with Crippen molar-refractivity contribution in [3.8, 4) is 0 Å². The SMILES string of the molecule is CCC1CN(c2cccnn2)CCC1N. The minimum absolute atomic E-state index is 0.350. The second-order valence-electron chi connectivity index (χ2n) is 4.15. The van der Waals surface area contributed by atoms with Crippen LogP contribution >= 0.6 is 0 Å². The lowest BCUT2D eigenvalue weighted by atomic mass is 9.91. The van der Waals surface area contributed by atoms with Crippen LogP contribution < -0.4 is 10.6 Å². The molecule has 82 valence electrons. The standard InChI is InChI=1S/C11H18N4/c1-2-9-8-15(7-5-10(9)12)11-4-3-6-13-14-11/h3-4,6,9-10H,2,5,7-8,12H2,1H3. The van der Waals surface area contributed by atoms with E-state index in [0.717, 1.165) is 31.7 Å². The predicted molar refractivity (Wildman–Crippen MR) is 60.6 cm³/mol. The van der Waals surface area contributed by atoms with E-state index in [0.29, 0.717) is 12.0 Å². The van der Waals surface area contributed by atoms with Crippen LogP contribution in [0.4, 0.5) is 5.82 Å². The molecule has 1 saturated heterocycles. The fourth-order valence-corrected chi connectivity index (χ4v) is 2.15. The Morgan fingerprint density at radius 1 is 1.60 bits per heavy atom. The summed E-state index contributed by atoms with van der Waals surface area (Å²) in [7, 11) is 0. The van der Waals surface area contributed by atoms with Crippen molar-refractivity contribution in [2.45, 2.75) is 25.8 Å². The first kappa shape index (κ1) is 10.4. The molecule has 0 bridgehead atoms. The summed E-state index contributed by atoms with van der Waals surface area (Å²) in [4.78, 5) is 2.28. The molecule has 0 radical (unpaired) electrons. The van der Waals surface area contributed by atoms with Gasteiger partial charge < -0.3 is 10.6 Å². The lowest BCUT2D eigenvalue weighted by molar-refractivity contribution is 0.346. The van der Waals surface area contributed by atoms with E-state index in [1.54, 1.807) is 6.20 Å². The van der Waals surface area contributed by atoms with Gasteiger partial charge in [-0.2, -0.15) is 5.10 Å². The van der Waals surface area contributed by atoms with E-state index in [1.807, 2.05) is 12.1 Å². The Balaban J connectivity index is 2.06. The monoisotopic (exact) mass is 206 g/mol. The van der Waals surface area contributed by atoms with Crippen LogP contribution in [0.3, 0.4) is 0 Å². The number of aromatic nitrogens is 2. The highest BCUT2D eigenvalue weighted by atomic mass is 15.3. The minimum atomic E-state index is 0.350. The molecule has 0 aromatic carbocycles. The van der Waals surface area contributed by atoms with Gasteiger partial charge in [0.25, 0.3) is 0 Å². The molecule has 0 saturated carbocycles. The van der Waals surface area contributed by atoms with Crippen LogP contribution in [0.5, 0.6) is 0 Å². The summed E-state index contributed by atoms with van der Waals surface area (Å²) in [5, 5.41) is 8.04. The fraction of sp³-hybridized carbons (Fsp3) is 0.636. The molecule has 0 spiro atoms. The molecule has 2 atom stereocenters. The molecule has 1 aliphatic rings. The number of piperidine rings is 1. The van der Waals surface area contributed by atoms with Crippen LogP contribution in [-0.4, -0.2) is 29.3 Å². The maximum Gasteiger partial charge on any atom is 0.151 e. The van der Waals surface area contributed by atoms with Crippen molar-refractivity contribution in [3.63, 3.8) is 0 Å². The van der Waals surface area contributed by atoms with Crippen LogP contribution in [0.2, 0.25) is 0 Å². The Bertz CT molecular complexity index is 301. The summed E-state index contributed by atoms with van der Waals surface area (Å²) < 4.78 is 0. The lowest BCUT2D eigenvalue weighted by Crippen LogP contribution is -2.47. The maximum atomic E-state index is 6.07. The molecule has 4 heteroatoms. The van der Waals surface area contributed by atoms with Gasteiger partial charge in [0.15, 0.2) is 5.82 Å². The molecule has 2 heterocycles. The molecule has 1 fully saturated rings. The molecular weight excluding hydrogens is 188 g/mol. The Morgan fingerprint density at radius 3 is 3.13 bits per heavy atom. The summed E-state index contributed by atoms with van der Waals surface area (Å²) in [6.07, 6.45) is 3.89. The molecule has 1 aromatic heterocycles. The molecule has 1 aliphatic heterocycles. The number of hydrogen-bond donors (Lipinski definition) is 1. The van der Waals surface area contributed by atoms with E-state index in [2.05, 4.69) is 22.0 Å². The summed E-state index contributed by atoms with van der Waals surface area (Å²) in [5.74, 6) is 1.56. The van der Waals surface area contributed by atoms with Gasteiger partial charge in [-0.1, -0.05) is 13.3 Å². The van der Waals surface area contributed by atoms with Gasteiger partial charge in [-0.05, 0) is 24.5 Å². The van der Waals surface area contributed by atoms with Gasteiger partial charge in [0.1, 0.15) is 0 Å². The van der Waals surface area contributed by atoms with Crippen molar-refractivity contribution in [1.29, 1.82) is 0 Å². The number of rotatable bonds is 2. The topological polar surface area (TPSA) is 55.0 Å². The number of nitrogens with two attached hydrogens (primary N) is 1. The normalized spacial score (nSPS) is 26.7. The Morgan fingerprint density at radius 2 is 2.47 bits per heavy atom. The van der Waals surface area contributed by atoms with Gasteiger partial charge in [0.2, 0.25) is 0 Å². The molecule has 4 nitrogen and oxygen atoms in total. The van der Waals surface area contributed by atoms with Gasteiger partial charge in [-0.3, -0.25) is 0 Å². The van der Waals surface area contributed by atoms with E-state index in [4.69, 9.17) is 5.73 Å². The maximum absolute atomic E-state index is 6.07. The van der Waals surface area contributed by atoms with Gasteiger partial charge in [0.05, 0.1) is 0 Å². The predicted octanol–water partition coefficient (Wildman–Crippen LogP) is 1.04. The van der Waals surface area contributed by atoms with Crippen molar-refractivity contribution < 1.29 is 0 Å². The van der Waals surface area contributed by atoms with E-state index in [9.17, 15) is 0 Å². The highest BCUT2D eigenvalue weighted by Crippen LogP contribution is 2.22. The number of anilines is 1. The Kier molecular flexibility index (Phi) is 3.16. The third-order valence-corrected chi connectivity index (χ3v) is 3.20. The average Bonchev–Trinajstić information content (AvgIpc) is 2.31. The first-order chi connectivity index (χ1) is 7.31. The first-order valence-corrected chi connectivity index (χ1v) is 5.59. The zero-order valence-corrected chi connectivity index (χ0v) is 9.13.